The van der Waals surface area contributed by atoms with Gasteiger partial charge < -0.3 is 5.32 Å². The molecule has 0 amide bonds. The minimum atomic E-state index is -0.223. The Hall–Kier alpha value is -2.92. The molecule has 0 aliphatic heterocycles. The summed E-state index contributed by atoms with van der Waals surface area (Å²) in [5, 5.41) is 3.43. The lowest BCUT2D eigenvalue weighted by molar-refractivity contribution is 0.609. The Morgan fingerprint density at radius 1 is 1.12 bits per heavy atom. The highest BCUT2D eigenvalue weighted by Gasteiger charge is 2.11. The summed E-state index contributed by atoms with van der Waals surface area (Å²) >= 11 is 0. The molecule has 0 saturated carbocycles. The van der Waals surface area contributed by atoms with Gasteiger partial charge in [0.15, 0.2) is 5.82 Å². The molecule has 1 aromatic carbocycles. The summed E-state index contributed by atoms with van der Waals surface area (Å²) in [6.45, 7) is 4.78. The number of hydrogen-bond acceptors (Lipinski definition) is 4. The molecule has 0 radical (unpaired) electrons. The Kier molecular flexibility index (Phi) is 5.81. The Labute approximate surface area is 152 Å². The predicted octanol–water partition coefficient (Wildman–Crippen LogP) is 4.35. The van der Waals surface area contributed by atoms with Gasteiger partial charge in [-0.1, -0.05) is 24.3 Å². The van der Waals surface area contributed by atoms with Crippen LogP contribution in [0.1, 0.15) is 29.8 Å². The highest BCUT2D eigenvalue weighted by Crippen LogP contribution is 2.19. The molecule has 0 aliphatic carbocycles. The highest BCUT2D eigenvalue weighted by atomic mass is 19.1. The number of benzene rings is 1. The van der Waals surface area contributed by atoms with Gasteiger partial charge in [-0.2, -0.15) is 0 Å². The van der Waals surface area contributed by atoms with Crippen LogP contribution in [0.4, 0.5) is 4.39 Å². The molecule has 0 fully saturated rings. The van der Waals surface area contributed by atoms with Crippen LogP contribution in [-0.2, 0) is 0 Å². The van der Waals surface area contributed by atoms with Crippen LogP contribution in [0.25, 0.3) is 17.5 Å². The van der Waals surface area contributed by atoms with Gasteiger partial charge in [0, 0.05) is 48.0 Å². The van der Waals surface area contributed by atoms with Crippen LogP contribution in [0.15, 0.2) is 61.1 Å². The Morgan fingerprint density at radius 3 is 2.54 bits per heavy atom. The molecule has 1 atom stereocenters. The van der Waals surface area contributed by atoms with Crippen LogP contribution in [-0.4, -0.2) is 21.5 Å². The third kappa shape index (κ3) is 4.58. The summed E-state index contributed by atoms with van der Waals surface area (Å²) in [4.78, 5) is 13.1. The van der Waals surface area contributed by atoms with Crippen molar-refractivity contribution in [1.29, 1.82) is 0 Å². The molecule has 0 bridgehead atoms. The number of halogens is 1. The van der Waals surface area contributed by atoms with Crippen LogP contribution < -0.4 is 5.32 Å². The number of nitrogens with one attached hydrogen (secondary N) is 1. The van der Waals surface area contributed by atoms with E-state index in [4.69, 9.17) is 0 Å². The fourth-order valence-electron chi connectivity index (χ4n) is 2.67. The lowest BCUT2D eigenvalue weighted by Crippen LogP contribution is -2.20. The van der Waals surface area contributed by atoms with E-state index in [1.807, 2.05) is 37.4 Å². The van der Waals surface area contributed by atoms with Crippen molar-refractivity contribution in [3.63, 3.8) is 0 Å². The molecule has 1 N–H and O–H groups in total. The van der Waals surface area contributed by atoms with Crippen molar-refractivity contribution in [1.82, 2.24) is 20.3 Å². The molecule has 0 aliphatic rings. The minimum Gasteiger partial charge on any atom is -0.307 e. The molecule has 4 nitrogen and oxygen atoms in total. The maximum absolute atomic E-state index is 12.9. The van der Waals surface area contributed by atoms with E-state index in [0.717, 1.165) is 22.4 Å². The first-order chi connectivity index (χ1) is 12.6. The summed E-state index contributed by atoms with van der Waals surface area (Å²) < 4.78 is 12.9. The largest absolute Gasteiger partial charge is 0.307 e. The summed E-state index contributed by atoms with van der Waals surface area (Å²) in [7, 11) is 0. The van der Waals surface area contributed by atoms with Crippen molar-refractivity contribution in [3.8, 4) is 11.4 Å². The maximum Gasteiger partial charge on any atom is 0.159 e. The van der Waals surface area contributed by atoms with Crippen LogP contribution in [0.2, 0.25) is 0 Å². The number of aryl methyl sites for hydroxylation is 1. The summed E-state index contributed by atoms with van der Waals surface area (Å²) in [6, 6.07) is 10.4. The van der Waals surface area contributed by atoms with Crippen LogP contribution in [0.5, 0.6) is 0 Å². The van der Waals surface area contributed by atoms with E-state index >= 15 is 0 Å². The number of hydrogen-bond donors (Lipinski definition) is 1. The second kappa shape index (κ2) is 8.45. The normalized spacial score (nSPS) is 12.4. The third-order valence-electron chi connectivity index (χ3n) is 4.14. The van der Waals surface area contributed by atoms with Crippen molar-refractivity contribution >= 4 is 6.08 Å². The zero-order valence-electron chi connectivity index (χ0n) is 14.9. The first-order valence-electron chi connectivity index (χ1n) is 8.53. The van der Waals surface area contributed by atoms with E-state index in [1.54, 1.807) is 24.5 Å². The van der Waals surface area contributed by atoms with Crippen molar-refractivity contribution < 1.29 is 4.39 Å². The molecule has 2 aromatic heterocycles. The van der Waals surface area contributed by atoms with Gasteiger partial charge in [0.05, 0.1) is 0 Å². The van der Waals surface area contributed by atoms with Crippen molar-refractivity contribution in [2.24, 2.45) is 0 Å². The zero-order chi connectivity index (χ0) is 18.4. The lowest BCUT2D eigenvalue weighted by atomic mass is 10.1. The van der Waals surface area contributed by atoms with Crippen molar-refractivity contribution in [3.05, 3.63) is 83.7 Å². The standard InChI is InChI=1S/C21H21FN4/c1-15(24-11-3-4-17-5-7-19(22)8-6-17)20-14-25-21(26-16(20)2)18-9-12-23-13-10-18/h3-10,12-15,24H,11H2,1-2H3/b4-3+/t15-/m0/s1. The molecule has 3 rings (SSSR count). The average Bonchev–Trinajstić information content (AvgIpc) is 2.67. The lowest BCUT2D eigenvalue weighted by Gasteiger charge is -2.15. The van der Waals surface area contributed by atoms with Crippen LogP contribution >= 0.6 is 0 Å². The van der Waals surface area contributed by atoms with E-state index in [0.29, 0.717) is 12.4 Å². The van der Waals surface area contributed by atoms with Crippen LogP contribution in [0.3, 0.4) is 0 Å². The van der Waals surface area contributed by atoms with Crippen molar-refractivity contribution in [2.75, 3.05) is 6.54 Å². The van der Waals surface area contributed by atoms with E-state index < -0.39 is 0 Å². The van der Waals surface area contributed by atoms with E-state index in [2.05, 4.69) is 27.2 Å². The van der Waals surface area contributed by atoms with Gasteiger partial charge in [0.25, 0.3) is 0 Å². The number of rotatable bonds is 6. The monoisotopic (exact) mass is 348 g/mol. The van der Waals surface area contributed by atoms with E-state index in [-0.39, 0.29) is 11.9 Å². The van der Waals surface area contributed by atoms with E-state index in [1.165, 1.54) is 12.1 Å². The van der Waals surface area contributed by atoms with Gasteiger partial charge in [-0.15, -0.1) is 0 Å². The molecule has 26 heavy (non-hydrogen) atoms. The third-order valence-corrected chi connectivity index (χ3v) is 4.14. The molecule has 5 heteroatoms. The second-order valence-electron chi connectivity index (χ2n) is 6.05. The first kappa shape index (κ1) is 17.9. The van der Waals surface area contributed by atoms with Gasteiger partial charge in [0.2, 0.25) is 0 Å². The number of pyridine rings is 1. The average molecular weight is 348 g/mol. The molecule has 132 valence electrons. The summed E-state index contributed by atoms with van der Waals surface area (Å²) in [5.74, 6) is 0.483. The number of aromatic nitrogens is 3. The molecule has 0 unspecified atom stereocenters. The SMILES string of the molecule is Cc1nc(-c2ccncc2)ncc1[C@H](C)NC/C=C/c1ccc(F)cc1. The zero-order valence-corrected chi connectivity index (χ0v) is 14.9. The van der Waals surface area contributed by atoms with Gasteiger partial charge >= 0.3 is 0 Å². The van der Waals surface area contributed by atoms with E-state index in [9.17, 15) is 4.39 Å². The molecule has 0 saturated heterocycles. The second-order valence-corrected chi connectivity index (χ2v) is 6.05. The predicted molar refractivity (Wildman–Crippen MR) is 102 cm³/mol. The van der Waals surface area contributed by atoms with Gasteiger partial charge in [-0.05, 0) is 43.7 Å². The Balaban J connectivity index is 1.61. The van der Waals surface area contributed by atoms with Gasteiger partial charge in [0.1, 0.15) is 5.82 Å². The maximum atomic E-state index is 12.9. The molecular formula is C21H21FN4. The molecular weight excluding hydrogens is 327 g/mol. The quantitative estimate of drug-likeness (QED) is 0.719. The van der Waals surface area contributed by atoms with Crippen molar-refractivity contribution in [2.45, 2.75) is 19.9 Å². The Morgan fingerprint density at radius 2 is 1.85 bits per heavy atom. The smallest absolute Gasteiger partial charge is 0.159 e. The Bertz CT molecular complexity index is 876. The number of nitrogens with zero attached hydrogens (tertiary/aromatic N) is 3. The van der Waals surface area contributed by atoms with Crippen LogP contribution in [0, 0.1) is 12.7 Å². The summed E-state index contributed by atoms with van der Waals surface area (Å²) in [6.07, 6.45) is 9.33. The topological polar surface area (TPSA) is 50.7 Å². The first-order valence-corrected chi connectivity index (χ1v) is 8.53. The van der Waals surface area contributed by atoms with Gasteiger partial charge in [-0.25, -0.2) is 14.4 Å². The van der Waals surface area contributed by atoms with Gasteiger partial charge in [-0.3, -0.25) is 4.98 Å². The summed E-state index contributed by atoms with van der Waals surface area (Å²) in [5.41, 5.74) is 3.95. The minimum absolute atomic E-state index is 0.124. The molecule has 0 spiro atoms. The molecule has 2 heterocycles. The fraction of sp³-hybridized carbons (Fsp3) is 0.190. The highest BCUT2D eigenvalue weighted by molar-refractivity contribution is 5.54. The molecule has 3 aromatic rings. The fourth-order valence-corrected chi connectivity index (χ4v) is 2.67.